The number of carbonyl (C=O) groups excluding carboxylic acids is 3. The van der Waals surface area contributed by atoms with Crippen LogP contribution in [0.5, 0.6) is 11.5 Å². The fourth-order valence-corrected chi connectivity index (χ4v) is 5.10. The molecule has 3 amide bonds. The fraction of sp³-hybridized carbons (Fsp3) is 0.400. The molecular weight excluding hydrogens is 454 g/mol. The average molecular weight is 482 g/mol. The van der Waals surface area contributed by atoms with Gasteiger partial charge in [0.2, 0.25) is 17.9 Å². The van der Waals surface area contributed by atoms with Crippen molar-refractivity contribution in [3.8, 4) is 11.5 Å². The number of ether oxygens (including phenoxy) is 2. The van der Waals surface area contributed by atoms with Crippen molar-refractivity contribution >= 4 is 35.2 Å². The molecule has 2 saturated heterocycles. The Morgan fingerprint density at radius 3 is 2.38 bits per heavy atom. The number of amides is 3. The first-order valence-electron chi connectivity index (χ1n) is 11.4. The van der Waals surface area contributed by atoms with E-state index in [0.29, 0.717) is 44.2 Å². The molecule has 0 unspecified atom stereocenters. The molecule has 0 spiro atoms. The summed E-state index contributed by atoms with van der Waals surface area (Å²) in [6.45, 7) is 2.33. The van der Waals surface area contributed by atoms with E-state index in [1.54, 1.807) is 32.5 Å². The van der Waals surface area contributed by atoms with E-state index >= 15 is 0 Å². The second-order valence-corrected chi connectivity index (χ2v) is 9.50. The van der Waals surface area contributed by atoms with Gasteiger partial charge in [0.15, 0.2) is 11.5 Å². The van der Waals surface area contributed by atoms with E-state index in [4.69, 9.17) is 9.47 Å². The zero-order chi connectivity index (χ0) is 23.7. The summed E-state index contributed by atoms with van der Waals surface area (Å²) in [5.74, 6) is 0.675. The number of benzene rings is 2. The van der Waals surface area contributed by atoms with Crippen LogP contribution in [0.4, 0.5) is 5.69 Å². The van der Waals surface area contributed by atoms with Crippen LogP contribution < -0.4 is 14.4 Å². The van der Waals surface area contributed by atoms with E-state index in [0.717, 1.165) is 10.6 Å². The van der Waals surface area contributed by atoms with Crippen molar-refractivity contribution in [2.75, 3.05) is 50.5 Å². The van der Waals surface area contributed by atoms with Crippen molar-refractivity contribution in [3.63, 3.8) is 0 Å². The van der Waals surface area contributed by atoms with Gasteiger partial charge in [-0.05, 0) is 36.6 Å². The predicted molar refractivity (Wildman–Crippen MR) is 128 cm³/mol. The van der Waals surface area contributed by atoms with Crippen LogP contribution in [0.2, 0.25) is 0 Å². The Morgan fingerprint density at radius 2 is 1.65 bits per heavy atom. The van der Waals surface area contributed by atoms with Crippen LogP contribution in [0, 0.1) is 5.92 Å². The van der Waals surface area contributed by atoms with Crippen LogP contribution in [0.3, 0.4) is 0 Å². The maximum absolute atomic E-state index is 13.2. The van der Waals surface area contributed by atoms with Crippen molar-refractivity contribution in [1.82, 2.24) is 9.80 Å². The van der Waals surface area contributed by atoms with Gasteiger partial charge in [-0.15, -0.1) is 11.8 Å². The highest BCUT2D eigenvalue weighted by Crippen LogP contribution is 2.32. The molecule has 0 aromatic heterocycles. The number of hydrogen-bond acceptors (Lipinski definition) is 6. The van der Waals surface area contributed by atoms with Crippen LogP contribution >= 0.6 is 11.8 Å². The molecule has 8 nitrogen and oxygen atoms in total. The lowest BCUT2D eigenvalue weighted by atomic mass is 10.1. The van der Waals surface area contributed by atoms with Crippen molar-refractivity contribution < 1.29 is 23.9 Å². The number of carbonyl (C=O) groups is 3. The Hall–Kier alpha value is -3.20. The van der Waals surface area contributed by atoms with Gasteiger partial charge in [-0.3, -0.25) is 14.4 Å². The van der Waals surface area contributed by atoms with Gasteiger partial charge in [0.25, 0.3) is 5.91 Å². The highest BCUT2D eigenvalue weighted by Gasteiger charge is 2.39. The van der Waals surface area contributed by atoms with Gasteiger partial charge in [0.1, 0.15) is 6.61 Å². The minimum absolute atomic E-state index is 0.0184. The predicted octanol–water partition coefficient (Wildman–Crippen LogP) is 2.27. The second kappa shape index (κ2) is 9.58. The molecule has 2 fully saturated rings. The summed E-state index contributed by atoms with van der Waals surface area (Å²) in [4.78, 5) is 45.0. The van der Waals surface area contributed by atoms with Gasteiger partial charge in [-0.25, -0.2) is 0 Å². The summed E-state index contributed by atoms with van der Waals surface area (Å²) in [5, 5.41) is 0. The molecule has 2 atom stereocenters. The van der Waals surface area contributed by atoms with Crippen LogP contribution in [0.25, 0.3) is 0 Å². The quantitative estimate of drug-likeness (QED) is 0.624. The zero-order valence-electron chi connectivity index (χ0n) is 19.0. The summed E-state index contributed by atoms with van der Waals surface area (Å²) in [6.07, 6.45) is 1.53. The lowest BCUT2D eigenvalue weighted by Crippen LogP contribution is -2.56. The number of fused-ring (bicyclic) bond motifs is 1. The lowest BCUT2D eigenvalue weighted by molar-refractivity contribution is -0.147. The fourth-order valence-electron chi connectivity index (χ4n) is 4.65. The largest absolute Gasteiger partial charge is 0.485 e. The number of para-hydroxylation sites is 2. The van der Waals surface area contributed by atoms with Crippen LogP contribution in [-0.2, 0) is 14.4 Å². The first-order valence-corrected chi connectivity index (χ1v) is 12.7. The molecule has 34 heavy (non-hydrogen) atoms. The van der Waals surface area contributed by atoms with Crippen molar-refractivity contribution in [2.45, 2.75) is 17.4 Å². The number of piperazine rings is 1. The lowest BCUT2D eigenvalue weighted by Gasteiger charge is -2.37. The summed E-state index contributed by atoms with van der Waals surface area (Å²) in [5.41, 5.74) is 0.832. The molecule has 0 saturated carbocycles. The SMILES string of the molecule is CSc1cccc(N2C[C@H](C(=O)N3CCN(C(=O)[C@@H]4COc5ccccc5O4)CC3)CC2=O)c1. The van der Waals surface area contributed by atoms with E-state index < -0.39 is 6.10 Å². The Labute approximate surface area is 202 Å². The summed E-state index contributed by atoms with van der Waals surface area (Å²) in [7, 11) is 0. The minimum Gasteiger partial charge on any atom is -0.485 e. The third-order valence-electron chi connectivity index (χ3n) is 6.53. The maximum atomic E-state index is 13.2. The van der Waals surface area contributed by atoms with Crippen molar-refractivity contribution in [3.05, 3.63) is 48.5 Å². The number of thioether (sulfide) groups is 1. The number of anilines is 1. The molecule has 3 aliphatic rings. The van der Waals surface area contributed by atoms with Crippen molar-refractivity contribution in [1.29, 1.82) is 0 Å². The Bertz CT molecular complexity index is 1100. The second-order valence-electron chi connectivity index (χ2n) is 8.62. The molecular formula is C25H27N3O5S. The van der Waals surface area contributed by atoms with Crippen LogP contribution in [0.15, 0.2) is 53.4 Å². The molecule has 5 rings (SSSR count). The molecule has 3 heterocycles. The molecule has 2 aromatic carbocycles. The van der Waals surface area contributed by atoms with E-state index in [2.05, 4.69) is 0 Å². The number of nitrogens with zero attached hydrogens (tertiary/aromatic N) is 3. The normalized spacial score (nSPS) is 22.1. The Kier molecular flexibility index (Phi) is 6.36. The molecule has 2 aromatic rings. The van der Waals surface area contributed by atoms with E-state index in [1.165, 1.54) is 0 Å². The highest BCUT2D eigenvalue weighted by molar-refractivity contribution is 7.98. The standard InChI is InChI=1S/C25H27N3O5S/c1-34-19-6-4-5-18(14-19)28-15-17(13-23(28)29)24(30)26-9-11-27(12-10-26)25(31)22-16-32-20-7-2-3-8-21(20)33-22/h2-8,14,17,22H,9-13,15-16H2,1H3/t17-,22+/m1/s1. The van der Waals surface area contributed by atoms with Gasteiger partial charge >= 0.3 is 0 Å². The molecule has 0 aliphatic carbocycles. The van der Waals surface area contributed by atoms with Gasteiger partial charge in [0.05, 0.1) is 5.92 Å². The van der Waals surface area contributed by atoms with Crippen LogP contribution in [-0.4, -0.2) is 79.2 Å². The monoisotopic (exact) mass is 481 g/mol. The topological polar surface area (TPSA) is 79.4 Å². The molecule has 178 valence electrons. The maximum Gasteiger partial charge on any atom is 0.267 e. The average Bonchev–Trinajstić information content (AvgIpc) is 3.29. The van der Waals surface area contributed by atoms with Gasteiger partial charge in [-0.2, -0.15) is 0 Å². The molecule has 9 heteroatoms. The van der Waals surface area contributed by atoms with Gasteiger partial charge in [0, 0.05) is 49.7 Å². The Morgan fingerprint density at radius 1 is 0.941 bits per heavy atom. The molecule has 3 aliphatic heterocycles. The molecule has 0 bridgehead atoms. The molecule has 0 N–H and O–H groups in total. The van der Waals surface area contributed by atoms with Crippen LogP contribution in [0.1, 0.15) is 6.42 Å². The Balaban J connectivity index is 1.15. The van der Waals surface area contributed by atoms with E-state index in [1.807, 2.05) is 48.7 Å². The first kappa shape index (κ1) is 22.6. The number of hydrogen-bond donors (Lipinski definition) is 0. The third kappa shape index (κ3) is 4.44. The first-order chi connectivity index (χ1) is 16.5. The smallest absolute Gasteiger partial charge is 0.267 e. The summed E-state index contributed by atoms with van der Waals surface area (Å²) in [6, 6.07) is 15.1. The summed E-state index contributed by atoms with van der Waals surface area (Å²) < 4.78 is 11.5. The highest BCUT2D eigenvalue weighted by atomic mass is 32.2. The number of rotatable bonds is 4. The van der Waals surface area contributed by atoms with Gasteiger partial charge < -0.3 is 24.2 Å². The van der Waals surface area contributed by atoms with Crippen molar-refractivity contribution in [2.24, 2.45) is 5.92 Å². The van der Waals surface area contributed by atoms with Gasteiger partial charge in [-0.1, -0.05) is 18.2 Å². The summed E-state index contributed by atoms with van der Waals surface area (Å²) >= 11 is 1.62. The minimum atomic E-state index is -0.685. The van der Waals surface area contributed by atoms with E-state index in [9.17, 15) is 14.4 Å². The third-order valence-corrected chi connectivity index (χ3v) is 7.25. The zero-order valence-corrected chi connectivity index (χ0v) is 19.8. The van der Waals surface area contributed by atoms with E-state index in [-0.39, 0.29) is 36.7 Å². The molecule has 0 radical (unpaired) electrons.